The molecule has 2 N–H and O–H groups in total. The summed E-state index contributed by atoms with van der Waals surface area (Å²) in [6.07, 6.45) is 1.66. The average Bonchev–Trinajstić information content (AvgIpc) is 2.05. The first-order valence-electron chi connectivity index (χ1n) is 4.55. The Kier molecular flexibility index (Phi) is 4.13. The van der Waals surface area contributed by atoms with Crippen LogP contribution in [0.1, 0.15) is 5.56 Å². The molecule has 1 unspecified atom stereocenters. The van der Waals surface area contributed by atoms with Crippen molar-refractivity contribution in [1.82, 2.24) is 0 Å². The monoisotopic (exact) mass is 247 g/mol. The number of hydrogen-bond acceptors (Lipinski definition) is 3. The molecule has 84 valence electrons. The topological polar surface area (TPSA) is 60.2 Å². The maximum Gasteiger partial charge on any atom is 0.148 e. The third-order valence-electron chi connectivity index (χ3n) is 1.96. The van der Waals surface area contributed by atoms with Crippen molar-refractivity contribution in [2.45, 2.75) is 12.5 Å². The van der Waals surface area contributed by atoms with E-state index in [-0.39, 0.29) is 5.75 Å². The fraction of sp³-hybridized carbons (Fsp3) is 0.400. The number of halogens is 1. The summed E-state index contributed by atoms with van der Waals surface area (Å²) in [7, 11) is -3.02. The fourth-order valence-electron chi connectivity index (χ4n) is 1.39. The third-order valence-corrected chi connectivity index (χ3v) is 3.36. The summed E-state index contributed by atoms with van der Waals surface area (Å²) in [6, 6.07) is 6.90. The minimum atomic E-state index is -3.02. The lowest BCUT2D eigenvalue weighted by Crippen LogP contribution is -2.31. The lowest BCUT2D eigenvalue weighted by molar-refractivity contribution is 0.591. The maximum absolute atomic E-state index is 11.0. The van der Waals surface area contributed by atoms with Crippen molar-refractivity contribution in [2.75, 3.05) is 12.0 Å². The summed E-state index contributed by atoms with van der Waals surface area (Å²) in [6.45, 7) is 0. The van der Waals surface area contributed by atoms with Gasteiger partial charge in [-0.2, -0.15) is 0 Å². The molecule has 0 saturated heterocycles. The second-order valence-corrected chi connectivity index (χ2v) is 6.24. The molecule has 0 aromatic heterocycles. The van der Waals surface area contributed by atoms with Crippen LogP contribution in [0, 0.1) is 0 Å². The van der Waals surface area contributed by atoms with E-state index < -0.39 is 15.9 Å². The first-order valence-corrected chi connectivity index (χ1v) is 6.99. The molecule has 1 aromatic rings. The van der Waals surface area contributed by atoms with E-state index in [2.05, 4.69) is 0 Å². The number of rotatable bonds is 4. The van der Waals surface area contributed by atoms with E-state index in [9.17, 15) is 8.42 Å². The standard InChI is InChI=1S/C10H14ClNO2S/c1-15(13,14)7-9(12)6-8-4-2-3-5-10(8)11/h2-5,9H,6-7,12H2,1H3. The molecule has 0 amide bonds. The van der Waals surface area contributed by atoms with Crippen LogP contribution in [0.2, 0.25) is 5.02 Å². The highest BCUT2D eigenvalue weighted by atomic mass is 35.5. The summed E-state index contributed by atoms with van der Waals surface area (Å²) in [4.78, 5) is 0. The third kappa shape index (κ3) is 4.64. The van der Waals surface area contributed by atoms with Gasteiger partial charge in [0, 0.05) is 17.3 Å². The molecular formula is C10H14ClNO2S. The van der Waals surface area contributed by atoms with Gasteiger partial charge < -0.3 is 5.73 Å². The maximum atomic E-state index is 11.0. The molecule has 0 aliphatic carbocycles. The second-order valence-electron chi connectivity index (χ2n) is 3.65. The average molecular weight is 248 g/mol. The predicted octanol–water partition coefficient (Wildman–Crippen LogP) is 1.25. The molecule has 0 heterocycles. The Balaban J connectivity index is 2.67. The number of nitrogens with two attached hydrogens (primary N) is 1. The van der Waals surface area contributed by atoms with Crippen LogP contribution in [0.4, 0.5) is 0 Å². The van der Waals surface area contributed by atoms with E-state index in [0.717, 1.165) is 5.56 Å². The quantitative estimate of drug-likeness (QED) is 0.871. The molecule has 1 rings (SSSR count). The second kappa shape index (κ2) is 4.96. The van der Waals surface area contributed by atoms with Gasteiger partial charge in [-0.05, 0) is 18.1 Å². The van der Waals surface area contributed by atoms with Crippen LogP contribution in [0.25, 0.3) is 0 Å². The predicted molar refractivity (Wildman–Crippen MR) is 62.8 cm³/mol. The van der Waals surface area contributed by atoms with E-state index in [4.69, 9.17) is 17.3 Å². The Morgan fingerprint density at radius 2 is 2.00 bits per heavy atom. The minimum Gasteiger partial charge on any atom is -0.326 e. The SMILES string of the molecule is CS(=O)(=O)CC(N)Cc1ccccc1Cl. The molecule has 1 aromatic carbocycles. The van der Waals surface area contributed by atoms with Gasteiger partial charge in [-0.3, -0.25) is 0 Å². The fourth-order valence-corrected chi connectivity index (χ4v) is 2.50. The lowest BCUT2D eigenvalue weighted by atomic mass is 10.1. The van der Waals surface area contributed by atoms with Crippen LogP contribution < -0.4 is 5.73 Å². The van der Waals surface area contributed by atoms with Gasteiger partial charge in [0.15, 0.2) is 0 Å². The van der Waals surface area contributed by atoms with Gasteiger partial charge >= 0.3 is 0 Å². The molecule has 0 radical (unpaired) electrons. The Labute approximate surface area is 95.2 Å². The van der Waals surface area contributed by atoms with Crippen LogP contribution >= 0.6 is 11.6 Å². The molecule has 0 saturated carbocycles. The molecule has 15 heavy (non-hydrogen) atoms. The van der Waals surface area contributed by atoms with Crippen molar-refractivity contribution in [3.8, 4) is 0 Å². The molecular weight excluding hydrogens is 234 g/mol. The summed E-state index contributed by atoms with van der Waals surface area (Å²) in [5.74, 6) is -0.0157. The first kappa shape index (κ1) is 12.5. The van der Waals surface area contributed by atoms with Crippen molar-refractivity contribution < 1.29 is 8.42 Å². The van der Waals surface area contributed by atoms with Gasteiger partial charge in [-0.1, -0.05) is 29.8 Å². The minimum absolute atomic E-state index is 0.0157. The first-order chi connectivity index (χ1) is 6.88. The van der Waals surface area contributed by atoms with Crippen molar-refractivity contribution in [1.29, 1.82) is 0 Å². The van der Waals surface area contributed by atoms with Crippen molar-refractivity contribution >= 4 is 21.4 Å². The Morgan fingerprint density at radius 1 is 1.40 bits per heavy atom. The smallest absolute Gasteiger partial charge is 0.148 e. The van der Waals surface area contributed by atoms with Crippen molar-refractivity contribution in [2.24, 2.45) is 5.73 Å². The van der Waals surface area contributed by atoms with Gasteiger partial charge in [-0.25, -0.2) is 8.42 Å². The Bertz CT molecular complexity index is 431. The highest BCUT2D eigenvalue weighted by molar-refractivity contribution is 7.90. The van der Waals surface area contributed by atoms with Gasteiger partial charge in [0.05, 0.1) is 5.75 Å². The highest BCUT2D eigenvalue weighted by Crippen LogP contribution is 2.16. The van der Waals surface area contributed by atoms with Gasteiger partial charge in [0.25, 0.3) is 0 Å². The molecule has 3 nitrogen and oxygen atoms in total. The molecule has 0 fully saturated rings. The van der Waals surface area contributed by atoms with Crippen molar-refractivity contribution in [3.05, 3.63) is 34.9 Å². The normalized spacial score (nSPS) is 13.8. The largest absolute Gasteiger partial charge is 0.326 e. The van der Waals surface area contributed by atoms with Crippen LogP contribution in [-0.2, 0) is 16.3 Å². The summed E-state index contributed by atoms with van der Waals surface area (Å²) < 4.78 is 22.0. The Hall–Kier alpha value is -0.580. The van der Waals surface area contributed by atoms with Crippen LogP contribution in [0.5, 0.6) is 0 Å². The van der Waals surface area contributed by atoms with Gasteiger partial charge in [-0.15, -0.1) is 0 Å². The zero-order valence-corrected chi connectivity index (χ0v) is 10.1. The van der Waals surface area contributed by atoms with Crippen LogP contribution in [0.3, 0.4) is 0 Å². The summed E-state index contributed by atoms with van der Waals surface area (Å²) >= 11 is 5.93. The molecule has 0 bridgehead atoms. The molecule has 0 spiro atoms. The van der Waals surface area contributed by atoms with Crippen molar-refractivity contribution in [3.63, 3.8) is 0 Å². The van der Waals surface area contributed by atoms with Crippen LogP contribution in [-0.4, -0.2) is 26.5 Å². The summed E-state index contributed by atoms with van der Waals surface area (Å²) in [5, 5.41) is 0.626. The number of benzene rings is 1. The van der Waals surface area contributed by atoms with Gasteiger partial charge in [0.1, 0.15) is 9.84 Å². The van der Waals surface area contributed by atoms with E-state index in [1.165, 1.54) is 6.26 Å². The molecule has 5 heteroatoms. The van der Waals surface area contributed by atoms with E-state index in [1.54, 1.807) is 6.07 Å². The highest BCUT2D eigenvalue weighted by Gasteiger charge is 2.12. The summed E-state index contributed by atoms with van der Waals surface area (Å²) in [5.41, 5.74) is 6.61. The van der Waals surface area contributed by atoms with E-state index in [1.807, 2.05) is 18.2 Å². The molecule has 1 atom stereocenters. The lowest BCUT2D eigenvalue weighted by Gasteiger charge is -2.11. The van der Waals surface area contributed by atoms with Crippen LogP contribution in [0.15, 0.2) is 24.3 Å². The Morgan fingerprint density at radius 3 is 2.53 bits per heavy atom. The molecule has 0 aliphatic heterocycles. The zero-order valence-electron chi connectivity index (χ0n) is 8.48. The van der Waals surface area contributed by atoms with Gasteiger partial charge in [0.2, 0.25) is 0 Å². The molecule has 0 aliphatic rings. The number of hydrogen-bond donors (Lipinski definition) is 1. The van der Waals surface area contributed by atoms with E-state index >= 15 is 0 Å². The van der Waals surface area contributed by atoms with E-state index in [0.29, 0.717) is 11.4 Å². The number of sulfone groups is 1. The zero-order chi connectivity index (χ0) is 11.5.